The Kier molecular flexibility index (Phi) is 6.15. The molecule has 6 nitrogen and oxygen atoms in total. The molecular formula is C27H30N4O2. The number of anilines is 1. The zero-order chi connectivity index (χ0) is 22.6. The van der Waals surface area contributed by atoms with Gasteiger partial charge in [0.2, 0.25) is 5.91 Å². The molecule has 33 heavy (non-hydrogen) atoms. The molecule has 1 unspecified atom stereocenters. The number of nitrogens with zero attached hydrogens (tertiary/aromatic N) is 3. The Hall–Kier alpha value is -3.54. The average molecular weight is 443 g/mol. The monoisotopic (exact) mass is 442 g/mol. The highest BCUT2D eigenvalue weighted by atomic mass is 16.2. The van der Waals surface area contributed by atoms with Gasteiger partial charge in [0, 0.05) is 38.1 Å². The van der Waals surface area contributed by atoms with Gasteiger partial charge >= 0.3 is 0 Å². The molecule has 1 N–H and O–H groups in total. The summed E-state index contributed by atoms with van der Waals surface area (Å²) in [6.07, 6.45) is 5.05. The number of amides is 2. The van der Waals surface area contributed by atoms with Crippen molar-refractivity contribution in [1.82, 2.24) is 14.8 Å². The van der Waals surface area contributed by atoms with E-state index < -0.39 is 6.04 Å². The summed E-state index contributed by atoms with van der Waals surface area (Å²) in [5.41, 5.74) is 4.39. The van der Waals surface area contributed by atoms with E-state index in [9.17, 15) is 9.59 Å². The number of aromatic nitrogens is 1. The third-order valence-electron chi connectivity index (χ3n) is 6.66. The first kappa shape index (κ1) is 21.3. The first-order chi connectivity index (χ1) is 16.2. The lowest BCUT2D eigenvalue weighted by Gasteiger charge is -2.36. The fourth-order valence-electron chi connectivity index (χ4n) is 4.97. The van der Waals surface area contributed by atoms with Crippen LogP contribution in [0.25, 0.3) is 0 Å². The van der Waals surface area contributed by atoms with Crippen LogP contribution in [0.1, 0.15) is 34.5 Å². The van der Waals surface area contributed by atoms with E-state index in [0.717, 1.165) is 31.5 Å². The minimum Gasteiger partial charge on any atom is -0.371 e. The van der Waals surface area contributed by atoms with Crippen LogP contribution in [0.4, 0.5) is 5.69 Å². The molecule has 3 aromatic rings. The SMILES string of the molecule is O=C(NCCCN1CCCc2ccccc21)C1Cn2cccc2C(=O)N1Cc1ccccc1. The van der Waals surface area contributed by atoms with Crippen LogP contribution in [-0.4, -0.2) is 47.0 Å². The number of aryl methyl sites for hydroxylation is 1. The number of hydrogen-bond acceptors (Lipinski definition) is 3. The maximum Gasteiger partial charge on any atom is 0.271 e. The third kappa shape index (κ3) is 4.51. The summed E-state index contributed by atoms with van der Waals surface area (Å²) in [6, 6.07) is 21.6. The number of nitrogens with one attached hydrogen (secondary N) is 1. The number of para-hydroxylation sites is 1. The maximum absolute atomic E-state index is 13.2. The second-order valence-corrected chi connectivity index (χ2v) is 8.84. The molecule has 2 aliphatic rings. The second-order valence-electron chi connectivity index (χ2n) is 8.84. The van der Waals surface area contributed by atoms with E-state index in [4.69, 9.17) is 0 Å². The molecule has 6 heteroatoms. The quantitative estimate of drug-likeness (QED) is 0.570. The van der Waals surface area contributed by atoms with Crippen LogP contribution in [0.15, 0.2) is 72.9 Å². The molecule has 2 amide bonds. The molecule has 0 bridgehead atoms. The van der Waals surface area contributed by atoms with Gasteiger partial charge in [-0.05, 0) is 48.6 Å². The van der Waals surface area contributed by atoms with Gasteiger partial charge in [-0.25, -0.2) is 0 Å². The van der Waals surface area contributed by atoms with E-state index in [2.05, 4.69) is 34.5 Å². The molecule has 1 atom stereocenters. The van der Waals surface area contributed by atoms with Crippen molar-refractivity contribution < 1.29 is 9.59 Å². The fraction of sp³-hybridized carbons (Fsp3) is 0.333. The number of fused-ring (bicyclic) bond motifs is 2. The molecule has 2 aromatic carbocycles. The first-order valence-corrected chi connectivity index (χ1v) is 11.8. The van der Waals surface area contributed by atoms with E-state index in [1.54, 1.807) is 4.90 Å². The zero-order valence-electron chi connectivity index (χ0n) is 18.8. The van der Waals surface area contributed by atoms with Crippen molar-refractivity contribution in [1.29, 1.82) is 0 Å². The van der Waals surface area contributed by atoms with Crippen LogP contribution in [0.5, 0.6) is 0 Å². The number of carbonyl (C=O) groups is 2. The minimum absolute atomic E-state index is 0.0855. The highest BCUT2D eigenvalue weighted by Crippen LogP contribution is 2.26. The summed E-state index contributed by atoms with van der Waals surface area (Å²) in [5.74, 6) is -0.183. The van der Waals surface area contributed by atoms with Gasteiger partial charge in [0.25, 0.3) is 5.91 Å². The predicted octanol–water partition coefficient (Wildman–Crippen LogP) is 3.47. The van der Waals surface area contributed by atoms with Gasteiger partial charge in [-0.2, -0.15) is 0 Å². The van der Waals surface area contributed by atoms with E-state index in [-0.39, 0.29) is 11.8 Å². The standard InChI is InChI=1S/C27H30N4O2/c32-26(28-15-8-18-29-16-6-12-22-11-4-5-13-23(22)29)25-20-30-17-7-14-24(30)27(33)31(25)19-21-9-2-1-3-10-21/h1-5,7,9-11,13-14,17,25H,6,8,12,15-16,18-20H2,(H,28,32). The first-order valence-electron chi connectivity index (χ1n) is 11.8. The van der Waals surface area contributed by atoms with Crippen molar-refractivity contribution in [3.63, 3.8) is 0 Å². The molecular weight excluding hydrogens is 412 g/mol. The number of hydrogen-bond donors (Lipinski definition) is 1. The highest BCUT2D eigenvalue weighted by Gasteiger charge is 2.36. The van der Waals surface area contributed by atoms with Crippen LogP contribution in [0.2, 0.25) is 0 Å². The van der Waals surface area contributed by atoms with Crippen molar-refractivity contribution >= 4 is 17.5 Å². The smallest absolute Gasteiger partial charge is 0.271 e. The molecule has 0 saturated heterocycles. The minimum atomic E-state index is -0.520. The van der Waals surface area contributed by atoms with Gasteiger partial charge in [-0.1, -0.05) is 48.5 Å². The van der Waals surface area contributed by atoms with Crippen LogP contribution >= 0.6 is 0 Å². The Morgan fingerprint density at radius 3 is 2.70 bits per heavy atom. The fourth-order valence-corrected chi connectivity index (χ4v) is 4.97. The Labute approximate surface area is 194 Å². The summed E-state index contributed by atoms with van der Waals surface area (Å²) < 4.78 is 1.89. The molecule has 0 radical (unpaired) electrons. The van der Waals surface area contributed by atoms with Gasteiger partial charge in [-0.3, -0.25) is 9.59 Å². The summed E-state index contributed by atoms with van der Waals surface area (Å²) in [7, 11) is 0. The van der Waals surface area contributed by atoms with E-state index in [1.165, 1.54) is 17.7 Å². The van der Waals surface area contributed by atoms with E-state index >= 15 is 0 Å². The molecule has 1 aromatic heterocycles. The van der Waals surface area contributed by atoms with Gasteiger partial charge < -0.3 is 19.7 Å². The topological polar surface area (TPSA) is 57.6 Å². The average Bonchev–Trinajstić information content (AvgIpc) is 3.33. The molecule has 0 aliphatic carbocycles. The lowest BCUT2D eigenvalue weighted by molar-refractivity contribution is -0.126. The van der Waals surface area contributed by atoms with E-state index in [1.807, 2.05) is 53.2 Å². The van der Waals surface area contributed by atoms with Crippen LogP contribution in [0, 0.1) is 0 Å². The number of benzene rings is 2. The summed E-state index contributed by atoms with van der Waals surface area (Å²) in [6.45, 7) is 3.47. The number of rotatable bonds is 7. The van der Waals surface area contributed by atoms with Crippen LogP contribution < -0.4 is 10.2 Å². The zero-order valence-corrected chi connectivity index (χ0v) is 18.8. The van der Waals surface area contributed by atoms with Gasteiger partial charge in [0.15, 0.2) is 0 Å². The van der Waals surface area contributed by atoms with Gasteiger partial charge in [-0.15, -0.1) is 0 Å². The van der Waals surface area contributed by atoms with Crippen LogP contribution in [-0.2, 0) is 24.3 Å². The summed E-state index contributed by atoms with van der Waals surface area (Å²) in [5, 5.41) is 3.10. The summed E-state index contributed by atoms with van der Waals surface area (Å²) >= 11 is 0. The Bertz CT molecular complexity index is 1120. The molecule has 2 aliphatic heterocycles. The lowest BCUT2D eigenvalue weighted by atomic mass is 10.0. The normalized spacial score (nSPS) is 17.5. The van der Waals surface area contributed by atoms with Crippen molar-refractivity contribution in [2.75, 3.05) is 24.5 Å². The number of carbonyl (C=O) groups excluding carboxylic acids is 2. The van der Waals surface area contributed by atoms with Crippen LogP contribution in [0.3, 0.4) is 0 Å². The lowest BCUT2D eigenvalue weighted by Crippen LogP contribution is -2.54. The van der Waals surface area contributed by atoms with Gasteiger partial charge in [0.1, 0.15) is 11.7 Å². The van der Waals surface area contributed by atoms with Crippen molar-refractivity contribution in [3.8, 4) is 0 Å². The Morgan fingerprint density at radius 1 is 1.00 bits per heavy atom. The molecule has 3 heterocycles. The molecule has 5 rings (SSSR count). The summed E-state index contributed by atoms with van der Waals surface area (Å²) in [4.78, 5) is 30.5. The molecule has 0 saturated carbocycles. The molecule has 0 fully saturated rings. The Balaban J connectivity index is 1.22. The van der Waals surface area contributed by atoms with Crippen molar-refractivity contribution in [2.45, 2.75) is 38.4 Å². The highest BCUT2D eigenvalue weighted by molar-refractivity contribution is 5.97. The van der Waals surface area contributed by atoms with Crippen molar-refractivity contribution in [2.24, 2.45) is 0 Å². The Morgan fingerprint density at radius 2 is 1.82 bits per heavy atom. The van der Waals surface area contributed by atoms with Crippen molar-refractivity contribution in [3.05, 3.63) is 89.7 Å². The molecule has 170 valence electrons. The maximum atomic E-state index is 13.2. The predicted molar refractivity (Wildman–Crippen MR) is 129 cm³/mol. The van der Waals surface area contributed by atoms with Gasteiger partial charge in [0.05, 0.1) is 6.54 Å². The molecule has 0 spiro atoms. The second kappa shape index (κ2) is 9.53. The largest absolute Gasteiger partial charge is 0.371 e. The third-order valence-corrected chi connectivity index (χ3v) is 6.66. The van der Waals surface area contributed by atoms with E-state index in [0.29, 0.717) is 25.3 Å².